The number of furan rings is 1. The van der Waals surface area contributed by atoms with Crippen molar-refractivity contribution in [3.8, 4) is 5.75 Å². The number of anilines is 1. The van der Waals surface area contributed by atoms with Gasteiger partial charge in [0.25, 0.3) is 0 Å². The molecule has 9 heteroatoms. The van der Waals surface area contributed by atoms with E-state index < -0.39 is 6.61 Å². The van der Waals surface area contributed by atoms with Crippen molar-refractivity contribution in [1.82, 2.24) is 10.2 Å². The third-order valence-corrected chi connectivity index (χ3v) is 5.00. The number of benzene rings is 1. The van der Waals surface area contributed by atoms with Crippen LogP contribution in [0, 0.1) is 0 Å². The quantitative estimate of drug-likeness (QED) is 0.584. The normalized spacial score (nSPS) is 11.0. The summed E-state index contributed by atoms with van der Waals surface area (Å²) in [5, 5.41) is 11.9. The predicted octanol–water partition coefficient (Wildman–Crippen LogP) is 4.64. The topological polar surface area (TPSA) is 60.2 Å². The highest BCUT2D eigenvalue weighted by molar-refractivity contribution is 8.00. The molecule has 0 saturated heterocycles. The molecule has 3 rings (SSSR count). The van der Waals surface area contributed by atoms with Gasteiger partial charge in [-0.15, -0.1) is 10.2 Å². The first-order valence-electron chi connectivity index (χ1n) is 6.96. The SMILES string of the molecule is FC(F)Oc1ccccc1CSc1nnc(NCc2ccco2)s1. The molecule has 1 aromatic carbocycles. The average molecular weight is 369 g/mol. The highest BCUT2D eigenvalue weighted by Crippen LogP contribution is 2.31. The third kappa shape index (κ3) is 4.68. The number of aromatic nitrogens is 2. The van der Waals surface area contributed by atoms with Crippen LogP contribution in [0.5, 0.6) is 5.75 Å². The minimum atomic E-state index is -2.84. The van der Waals surface area contributed by atoms with E-state index in [1.54, 1.807) is 24.5 Å². The van der Waals surface area contributed by atoms with Crippen LogP contribution in [0.1, 0.15) is 11.3 Å². The lowest BCUT2D eigenvalue weighted by Gasteiger charge is -2.09. The first-order chi connectivity index (χ1) is 11.7. The zero-order chi connectivity index (χ0) is 16.8. The van der Waals surface area contributed by atoms with Gasteiger partial charge in [0.2, 0.25) is 5.13 Å². The number of hydrogen-bond acceptors (Lipinski definition) is 7. The standard InChI is InChI=1S/C15H13F2N3O2S2/c16-13(17)22-12-6-2-1-4-10(12)9-23-15-20-19-14(24-15)18-8-11-5-3-7-21-11/h1-7,13H,8-9H2,(H,18,19). The molecule has 24 heavy (non-hydrogen) atoms. The predicted molar refractivity (Wildman–Crippen MR) is 88.6 cm³/mol. The molecule has 3 aromatic rings. The number of hydrogen-bond donors (Lipinski definition) is 1. The molecule has 0 amide bonds. The van der Waals surface area contributed by atoms with Crippen LogP contribution in [0.15, 0.2) is 51.4 Å². The molecule has 0 saturated carbocycles. The zero-order valence-electron chi connectivity index (χ0n) is 12.3. The van der Waals surface area contributed by atoms with Crippen molar-refractivity contribution in [3.63, 3.8) is 0 Å². The van der Waals surface area contributed by atoms with E-state index in [2.05, 4.69) is 20.3 Å². The van der Waals surface area contributed by atoms with Gasteiger partial charge in [0.05, 0.1) is 12.8 Å². The smallest absolute Gasteiger partial charge is 0.387 e. The van der Waals surface area contributed by atoms with Crippen molar-refractivity contribution in [1.29, 1.82) is 0 Å². The summed E-state index contributed by atoms with van der Waals surface area (Å²) in [5.74, 6) is 1.45. The molecule has 0 radical (unpaired) electrons. The van der Waals surface area contributed by atoms with Gasteiger partial charge < -0.3 is 14.5 Å². The van der Waals surface area contributed by atoms with Gasteiger partial charge in [-0.25, -0.2) is 0 Å². The van der Waals surface area contributed by atoms with Gasteiger partial charge >= 0.3 is 6.61 Å². The van der Waals surface area contributed by atoms with Gasteiger partial charge in [-0.2, -0.15) is 8.78 Å². The van der Waals surface area contributed by atoms with Crippen molar-refractivity contribution in [2.75, 3.05) is 5.32 Å². The Balaban J connectivity index is 1.55. The van der Waals surface area contributed by atoms with E-state index in [0.717, 1.165) is 10.1 Å². The lowest BCUT2D eigenvalue weighted by atomic mass is 10.2. The lowest BCUT2D eigenvalue weighted by molar-refractivity contribution is -0.0503. The molecule has 0 aliphatic carbocycles. The Bertz CT molecular complexity index is 766. The fourth-order valence-corrected chi connectivity index (χ4v) is 3.63. The van der Waals surface area contributed by atoms with Gasteiger partial charge in [-0.3, -0.25) is 0 Å². The van der Waals surface area contributed by atoms with Crippen molar-refractivity contribution in [2.45, 2.75) is 23.2 Å². The molecule has 1 N–H and O–H groups in total. The molecular formula is C15H13F2N3O2S2. The fourth-order valence-electron chi connectivity index (χ4n) is 1.89. The Morgan fingerprint density at radius 3 is 2.88 bits per heavy atom. The van der Waals surface area contributed by atoms with Crippen LogP contribution in [0.4, 0.5) is 13.9 Å². The second-order valence-electron chi connectivity index (χ2n) is 4.58. The van der Waals surface area contributed by atoms with E-state index in [1.165, 1.54) is 29.2 Å². The van der Waals surface area contributed by atoms with Crippen molar-refractivity contribution < 1.29 is 17.9 Å². The second kappa shape index (κ2) is 8.11. The van der Waals surface area contributed by atoms with Crippen molar-refractivity contribution >= 4 is 28.2 Å². The summed E-state index contributed by atoms with van der Waals surface area (Å²) < 4.78 is 35.3. The fraction of sp³-hybridized carbons (Fsp3) is 0.200. The van der Waals surface area contributed by atoms with Gasteiger partial charge in [0.1, 0.15) is 11.5 Å². The number of rotatable bonds is 8. The van der Waals surface area contributed by atoms with E-state index in [9.17, 15) is 8.78 Å². The summed E-state index contributed by atoms with van der Waals surface area (Å²) in [7, 11) is 0. The van der Waals surface area contributed by atoms with E-state index in [4.69, 9.17) is 4.42 Å². The molecule has 0 atom stereocenters. The average Bonchev–Trinajstić information content (AvgIpc) is 3.23. The number of thioether (sulfide) groups is 1. The molecule has 0 aliphatic rings. The Morgan fingerprint density at radius 2 is 2.08 bits per heavy atom. The molecule has 0 aliphatic heterocycles. The van der Waals surface area contributed by atoms with Crippen molar-refractivity contribution in [3.05, 3.63) is 54.0 Å². The molecule has 2 heterocycles. The minimum Gasteiger partial charge on any atom is -0.467 e. The summed E-state index contributed by atoms with van der Waals surface area (Å²) in [4.78, 5) is 0. The van der Waals surface area contributed by atoms with Gasteiger partial charge in [0.15, 0.2) is 4.34 Å². The maximum Gasteiger partial charge on any atom is 0.387 e. The van der Waals surface area contributed by atoms with Crippen LogP contribution < -0.4 is 10.1 Å². The summed E-state index contributed by atoms with van der Waals surface area (Å²) >= 11 is 2.81. The highest BCUT2D eigenvalue weighted by atomic mass is 32.2. The highest BCUT2D eigenvalue weighted by Gasteiger charge is 2.11. The van der Waals surface area contributed by atoms with E-state index in [1.807, 2.05) is 12.1 Å². The molecule has 126 valence electrons. The van der Waals surface area contributed by atoms with Crippen LogP contribution in [0.25, 0.3) is 0 Å². The molecule has 0 unspecified atom stereocenters. The van der Waals surface area contributed by atoms with Gasteiger partial charge in [0, 0.05) is 11.3 Å². The number of nitrogens with zero attached hydrogens (tertiary/aromatic N) is 2. The summed E-state index contributed by atoms with van der Waals surface area (Å²) in [6.45, 7) is -2.31. The molecule has 0 spiro atoms. The Kier molecular flexibility index (Phi) is 5.65. The van der Waals surface area contributed by atoms with Crippen LogP contribution >= 0.6 is 23.1 Å². The summed E-state index contributed by atoms with van der Waals surface area (Å²) in [6.07, 6.45) is 1.61. The monoisotopic (exact) mass is 369 g/mol. The van der Waals surface area contributed by atoms with Gasteiger partial charge in [-0.05, 0) is 18.2 Å². The zero-order valence-corrected chi connectivity index (χ0v) is 13.9. The number of nitrogens with one attached hydrogen (secondary N) is 1. The number of halogens is 2. The Morgan fingerprint density at radius 1 is 1.21 bits per heavy atom. The van der Waals surface area contributed by atoms with Crippen LogP contribution in [0.2, 0.25) is 0 Å². The van der Waals surface area contributed by atoms with Crippen LogP contribution in [-0.4, -0.2) is 16.8 Å². The molecule has 0 bridgehead atoms. The van der Waals surface area contributed by atoms with Gasteiger partial charge in [-0.1, -0.05) is 41.3 Å². The second-order valence-corrected chi connectivity index (χ2v) is 6.78. The van der Waals surface area contributed by atoms with Crippen LogP contribution in [0.3, 0.4) is 0 Å². The third-order valence-electron chi connectivity index (χ3n) is 2.94. The molecule has 2 aromatic heterocycles. The largest absolute Gasteiger partial charge is 0.467 e. The number of para-hydroxylation sites is 1. The summed E-state index contributed by atoms with van der Waals surface area (Å²) in [6, 6.07) is 10.4. The van der Waals surface area contributed by atoms with E-state index in [0.29, 0.717) is 23.0 Å². The van der Waals surface area contributed by atoms with E-state index >= 15 is 0 Å². The molecule has 0 fully saturated rings. The van der Waals surface area contributed by atoms with Crippen molar-refractivity contribution in [2.24, 2.45) is 0 Å². The maximum absolute atomic E-state index is 12.4. The molecule has 5 nitrogen and oxygen atoms in total. The number of ether oxygens (including phenoxy) is 1. The number of alkyl halides is 2. The molecular weight excluding hydrogens is 356 g/mol. The first kappa shape index (κ1) is 16.7. The Hall–Kier alpha value is -2.13. The minimum absolute atomic E-state index is 0.181. The first-order valence-corrected chi connectivity index (χ1v) is 8.76. The van der Waals surface area contributed by atoms with Crippen LogP contribution in [-0.2, 0) is 12.3 Å². The maximum atomic E-state index is 12.4. The summed E-state index contributed by atoms with van der Waals surface area (Å²) in [5.41, 5.74) is 0.683. The lowest BCUT2D eigenvalue weighted by Crippen LogP contribution is -2.03. The Labute approximate surface area is 145 Å². The van der Waals surface area contributed by atoms with E-state index in [-0.39, 0.29) is 5.75 Å².